The number of fused-ring (bicyclic) bond motifs is 1. The van der Waals surface area contributed by atoms with Gasteiger partial charge in [0.25, 0.3) is 0 Å². The van der Waals surface area contributed by atoms with Crippen molar-refractivity contribution in [3.8, 4) is 0 Å². The smallest absolute Gasteiger partial charge is 0.228 e. The summed E-state index contributed by atoms with van der Waals surface area (Å²) in [5.74, 6) is -0.0170. The van der Waals surface area contributed by atoms with Crippen LogP contribution in [0, 0.1) is 18.8 Å². The van der Waals surface area contributed by atoms with Crippen molar-refractivity contribution in [1.29, 1.82) is 0 Å². The monoisotopic (exact) mass is 311 g/mol. The van der Waals surface area contributed by atoms with Gasteiger partial charge in [0.15, 0.2) is 0 Å². The molecule has 1 aromatic rings. The van der Waals surface area contributed by atoms with Crippen LogP contribution in [0.4, 0.5) is 4.39 Å². The molecule has 7 heteroatoms. The fraction of sp³-hybridized carbons (Fsp3) is 0.643. The molecule has 114 valence electrons. The number of rotatable bonds is 4. The number of hydrogen-bond acceptors (Lipinski definition) is 4. The summed E-state index contributed by atoms with van der Waals surface area (Å²) in [4.78, 5) is 32.0. The number of carbonyl (C=O) groups is 2. The number of amides is 2. The van der Waals surface area contributed by atoms with E-state index in [2.05, 4.69) is 4.98 Å². The third kappa shape index (κ3) is 2.79. The van der Waals surface area contributed by atoms with E-state index in [0.717, 1.165) is 10.7 Å². The first-order chi connectivity index (χ1) is 10.1. The molecule has 0 aliphatic carbocycles. The summed E-state index contributed by atoms with van der Waals surface area (Å²) in [5.41, 5.74) is 0.927. The van der Waals surface area contributed by atoms with Gasteiger partial charge in [0, 0.05) is 30.9 Å². The largest absolute Gasteiger partial charge is 0.341 e. The lowest BCUT2D eigenvalue weighted by atomic mass is 10.0. The molecule has 0 bridgehead atoms. The standard InChI is InChI=1S/C14H18FN3O2S/c1-9-16-11(8-21-9)6-18-5-10-4-17(13(19)2-3-15)7-12(10)14(18)20/h8,10,12H,2-7H2,1H3/t10-,12-/m0/s1. The van der Waals surface area contributed by atoms with Gasteiger partial charge in [-0.25, -0.2) is 4.98 Å². The maximum absolute atomic E-state index is 12.4. The van der Waals surface area contributed by atoms with E-state index in [-0.39, 0.29) is 30.1 Å². The van der Waals surface area contributed by atoms with Gasteiger partial charge in [-0.3, -0.25) is 14.0 Å². The predicted octanol–water partition coefficient (Wildman–Crippen LogP) is 1.23. The van der Waals surface area contributed by atoms with Gasteiger partial charge >= 0.3 is 0 Å². The van der Waals surface area contributed by atoms with Crippen LogP contribution in [-0.2, 0) is 16.1 Å². The van der Waals surface area contributed by atoms with Crippen LogP contribution in [0.3, 0.4) is 0 Å². The van der Waals surface area contributed by atoms with E-state index in [0.29, 0.717) is 26.2 Å². The molecule has 0 saturated carbocycles. The normalized spacial score (nSPS) is 24.8. The molecule has 2 fully saturated rings. The summed E-state index contributed by atoms with van der Waals surface area (Å²) in [6.07, 6.45) is -0.0740. The Morgan fingerprint density at radius 1 is 1.48 bits per heavy atom. The number of likely N-dealkylation sites (tertiary alicyclic amines) is 2. The maximum atomic E-state index is 12.4. The minimum absolute atomic E-state index is 0.0740. The van der Waals surface area contributed by atoms with Gasteiger partial charge in [-0.1, -0.05) is 0 Å². The zero-order valence-corrected chi connectivity index (χ0v) is 12.7. The zero-order chi connectivity index (χ0) is 15.0. The topological polar surface area (TPSA) is 53.5 Å². The van der Waals surface area contributed by atoms with Crippen LogP contribution in [0.15, 0.2) is 5.38 Å². The van der Waals surface area contributed by atoms with E-state index in [9.17, 15) is 14.0 Å². The highest BCUT2D eigenvalue weighted by Crippen LogP contribution is 2.33. The van der Waals surface area contributed by atoms with Gasteiger partial charge in [0.2, 0.25) is 11.8 Å². The number of thiazole rings is 1. The minimum atomic E-state index is -0.631. The van der Waals surface area contributed by atoms with E-state index < -0.39 is 6.67 Å². The van der Waals surface area contributed by atoms with Crippen molar-refractivity contribution in [1.82, 2.24) is 14.8 Å². The van der Waals surface area contributed by atoms with Gasteiger partial charge in [-0.05, 0) is 6.92 Å². The van der Waals surface area contributed by atoms with Gasteiger partial charge in [0.05, 0.1) is 36.3 Å². The summed E-state index contributed by atoms with van der Waals surface area (Å²) in [5, 5.41) is 2.98. The first-order valence-electron chi connectivity index (χ1n) is 7.12. The Labute approximate surface area is 126 Å². The number of nitrogens with zero attached hydrogens (tertiary/aromatic N) is 3. The average molecular weight is 311 g/mol. The van der Waals surface area contributed by atoms with Crippen LogP contribution >= 0.6 is 11.3 Å². The van der Waals surface area contributed by atoms with Crippen LogP contribution in [0.2, 0.25) is 0 Å². The summed E-state index contributed by atoms with van der Waals surface area (Å²) in [6, 6.07) is 0. The average Bonchev–Trinajstić information content (AvgIpc) is 3.10. The quantitative estimate of drug-likeness (QED) is 0.840. The van der Waals surface area contributed by atoms with Crippen molar-refractivity contribution in [2.75, 3.05) is 26.3 Å². The minimum Gasteiger partial charge on any atom is -0.341 e. The Balaban J connectivity index is 1.61. The zero-order valence-electron chi connectivity index (χ0n) is 11.9. The van der Waals surface area contributed by atoms with Crippen molar-refractivity contribution in [2.24, 2.45) is 11.8 Å². The molecule has 1 aromatic heterocycles. The van der Waals surface area contributed by atoms with Gasteiger partial charge in [0.1, 0.15) is 0 Å². The Hall–Kier alpha value is -1.50. The highest BCUT2D eigenvalue weighted by molar-refractivity contribution is 7.09. The fourth-order valence-electron chi connectivity index (χ4n) is 3.21. The highest BCUT2D eigenvalue weighted by Gasteiger charge is 2.47. The molecule has 0 unspecified atom stereocenters. The molecule has 0 N–H and O–H groups in total. The van der Waals surface area contributed by atoms with Crippen molar-refractivity contribution in [3.63, 3.8) is 0 Å². The SMILES string of the molecule is Cc1nc(CN2C[C@@H]3CN(C(=O)CCF)C[C@@H]3C2=O)cs1. The number of aromatic nitrogens is 1. The Kier molecular flexibility index (Phi) is 3.93. The first kappa shape index (κ1) is 14.4. The molecule has 0 spiro atoms. The van der Waals surface area contributed by atoms with Gasteiger partial charge in [-0.2, -0.15) is 0 Å². The molecule has 2 amide bonds. The lowest BCUT2D eigenvalue weighted by molar-refractivity contribution is -0.133. The third-order valence-electron chi connectivity index (χ3n) is 4.21. The molecule has 2 aliphatic heterocycles. The van der Waals surface area contributed by atoms with Crippen molar-refractivity contribution < 1.29 is 14.0 Å². The second-order valence-electron chi connectivity index (χ2n) is 5.68. The van der Waals surface area contributed by atoms with E-state index in [4.69, 9.17) is 0 Å². The molecular formula is C14H18FN3O2S. The number of alkyl halides is 1. The van der Waals surface area contributed by atoms with Gasteiger partial charge < -0.3 is 9.80 Å². The van der Waals surface area contributed by atoms with Crippen molar-refractivity contribution in [2.45, 2.75) is 19.9 Å². The van der Waals surface area contributed by atoms with Crippen molar-refractivity contribution in [3.05, 3.63) is 16.1 Å². The second kappa shape index (κ2) is 5.71. The Morgan fingerprint density at radius 3 is 2.90 bits per heavy atom. The van der Waals surface area contributed by atoms with Crippen LogP contribution in [0.5, 0.6) is 0 Å². The molecule has 2 saturated heterocycles. The van der Waals surface area contributed by atoms with E-state index in [1.807, 2.05) is 17.2 Å². The van der Waals surface area contributed by atoms with Crippen LogP contribution in [0.25, 0.3) is 0 Å². The van der Waals surface area contributed by atoms with E-state index in [1.54, 1.807) is 16.2 Å². The Morgan fingerprint density at radius 2 is 2.29 bits per heavy atom. The summed E-state index contributed by atoms with van der Waals surface area (Å²) in [7, 11) is 0. The molecule has 2 aliphatic rings. The summed E-state index contributed by atoms with van der Waals surface area (Å²) in [6.45, 7) is 3.54. The predicted molar refractivity (Wildman–Crippen MR) is 76.4 cm³/mol. The lowest BCUT2D eigenvalue weighted by Gasteiger charge is -2.21. The Bertz CT molecular complexity index is 562. The lowest BCUT2D eigenvalue weighted by Crippen LogP contribution is -2.35. The second-order valence-corrected chi connectivity index (χ2v) is 6.74. The van der Waals surface area contributed by atoms with E-state index in [1.165, 1.54) is 0 Å². The molecule has 3 heterocycles. The van der Waals surface area contributed by atoms with Crippen LogP contribution in [0.1, 0.15) is 17.1 Å². The molecule has 3 rings (SSSR count). The number of hydrogen-bond donors (Lipinski definition) is 0. The molecule has 0 aromatic carbocycles. The van der Waals surface area contributed by atoms with E-state index >= 15 is 0 Å². The summed E-state index contributed by atoms with van der Waals surface area (Å²) < 4.78 is 12.2. The molecule has 0 radical (unpaired) electrons. The summed E-state index contributed by atoms with van der Waals surface area (Å²) >= 11 is 1.58. The van der Waals surface area contributed by atoms with Crippen LogP contribution in [-0.4, -0.2) is 52.9 Å². The third-order valence-corrected chi connectivity index (χ3v) is 5.03. The van der Waals surface area contributed by atoms with Crippen LogP contribution < -0.4 is 0 Å². The first-order valence-corrected chi connectivity index (χ1v) is 8.00. The van der Waals surface area contributed by atoms with Crippen molar-refractivity contribution >= 4 is 23.2 Å². The number of aryl methyl sites for hydroxylation is 1. The fourth-order valence-corrected chi connectivity index (χ4v) is 3.81. The van der Waals surface area contributed by atoms with Gasteiger partial charge in [-0.15, -0.1) is 11.3 Å². The molecular weight excluding hydrogens is 293 g/mol. The molecule has 21 heavy (non-hydrogen) atoms. The number of halogens is 1. The molecule has 2 atom stereocenters. The highest BCUT2D eigenvalue weighted by atomic mass is 32.1. The molecule has 5 nitrogen and oxygen atoms in total. The maximum Gasteiger partial charge on any atom is 0.228 e. The number of carbonyl (C=O) groups excluding carboxylic acids is 2.